The fourth-order valence-electron chi connectivity index (χ4n) is 1.77. The largest absolute Gasteiger partial charge is 0.434 e. The average Bonchev–Trinajstić information content (AvgIpc) is 2.86. The molecule has 0 atom stereocenters. The molecule has 1 amide bonds. The summed E-state index contributed by atoms with van der Waals surface area (Å²) in [4.78, 5) is 11.8. The van der Waals surface area contributed by atoms with Gasteiger partial charge < -0.3 is 4.74 Å². The molecule has 0 spiro atoms. The van der Waals surface area contributed by atoms with E-state index in [1.807, 2.05) is 6.19 Å². The molecule has 1 aliphatic rings. The molecule has 1 aromatic carbocycles. The maximum Gasteiger partial charge on any atom is 0.434 e. The molecule has 5 nitrogen and oxygen atoms in total. The topological polar surface area (TPSA) is 56.6 Å². The highest BCUT2D eigenvalue weighted by Crippen LogP contribution is 2.30. The number of hydrazine groups is 1. The van der Waals surface area contributed by atoms with Gasteiger partial charge in [0.2, 0.25) is 0 Å². The summed E-state index contributed by atoms with van der Waals surface area (Å²) in [5.41, 5.74) is -0.822. The van der Waals surface area contributed by atoms with E-state index in [2.05, 4.69) is 0 Å². The van der Waals surface area contributed by atoms with E-state index >= 15 is 0 Å². The van der Waals surface area contributed by atoms with Gasteiger partial charge in [-0.3, -0.25) is 0 Å². The number of carbonyl (C=O) groups excluding carboxylic acids is 1. The van der Waals surface area contributed by atoms with Crippen LogP contribution in [0.4, 0.5) is 18.0 Å². The lowest BCUT2D eigenvalue weighted by Crippen LogP contribution is -2.40. The normalized spacial score (nSPS) is 15.1. The average molecular weight is 285 g/mol. The number of nitrogens with zero attached hydrogens (tertiary/aromatic N) is 3. The summed E-state index contributed by atoms with van der Waals surface area (Å²) < 4.78 is 42.0. The fourth-order valence-corrected chi connectivity index (χ4v) is 1.77. The van der Waals surface area contributed by atoms with Crippen LogP contribution in [-0.4, -0.2) is 29.2 Å². The zero-order chi connectivity index (χ0) is 14.8. The first-order valence-electron chi connectivity index (χ1n) is 5.75. The van der Waals surface area contributed by atoms with E-state index in [4.69, 9.17) is 10.00 Å². The summed E-state index contributed by atoms with van der Waals surface area (Å²) in [6, 6.07) is 3.78. The summed E-state index contributed by atoms with van der Waals surface area (Å²) in [5, 5.41) is 11.0. The second-order valence-corrected chi connectivity index (χ2v) is 4.09. The second-order valence-electron chi connectivity index (χ2n) is 4.09. The number of hydrogen-bond donors (Lipinski definition) is 0. The number of ether oxygens (including phenoxy) is 1. The van der Waals surface area contributed by atoms with Crippen molar-refractivity contribution >= 4 is 6.09 Å². The Morgan fingerprint density at radius 1 is 1.25 bits per heavy atom. The van der Waals surface area contributed by atoms with E-state index < -0.39 is 17.8 Å². The number of carbonyl (C=O) groups is 1. The van der Waals surface area contributed by atoms with Crippen molar-refractivity contribution in [2.24, 2.45) is 0 Å². The van der Waals surface area contributed by atoms with Crippen LogP contribution < -0.4 is 4.74 Å². The van der Waals surface area contributed by atoms with Gasteiger partial charge in [-0.05, 0) is 30.7 Å². The lowest BCUT2D eigenvalue weighted by Gasteiger charge is -2.21. The van der Waals surface area contributed by atoms with Crippen LogP contribution in [0.5, 0.6) is 5.75 Å². The van der Waals surface area contributed by atoms with E-state index in [9.17, 15) is 18.0 Å². The Balaban J connectivity index is 2.04. The molecule has 0 aromatic heterocycles. The first-order valence-corrected chi connectivity index (χ1v) is 5.75. The van der Waals surface area contributed by atoms with E-state index in [1.54, 1.807) is 0 Å². The highest BCUT2D eigenvalue weighted by Gasteiger charge is 2.31. The molecule has 1 saturated heterocycles. The molecule has 20 heavy (non-hydrogen) atoms. The predicted octanol–water partition coefficient (Wildman–Crippen LogP) is 2.61. The van der Waals surface area contributed by atoms with Gasteiger partial charge in [-0.2, -0.15) is 18.4 Å². The number of benzene rings is 1. The zero-order valence-corrected chi connectivity index (χ0v) is 10.2. The number of nitriles is 1. The SMILES string of the molecule is N#CN1CCCN1C(=O)Oc1ccc(C(F)(F)F)cc1. The number of hydrogen-bond acceptors (Lipinski definition) is 4. The fraction of sp³-hybridized carbons (Fsp3) is 0.333. The van der Waals surface area contributed by atoms with Crippen LogP contribution in [0.2, 0.25) is 0 Å². The van der Waals surface area contributed by atoms with Crippen LogP contribution in [0, 0.1) is 11.5 Å². The third kappa shape index (κ3) is 2.93. The molecule has 0 aliphatic carbocycles. The van der Waals surface area contributed by atoms with Gasteiger partial charge in [-0.1, -0.05) is 0 Å². The van der Waals surface area contributed by atoms with Crippen molar-refractivity contribution in [3.8, 4) is 11.9 Å². The van der Waals surface area contributed by atoms with Crippen molar-refractivity contribution in [3.63, 3.8) is 0 Å². The van der Waals surface area contributed by atoms with Crippen LogP contribution in [0.3, 0.4) is 0 Å². The van der Waals surface area contributed by atoms with Gasteiger partial charge >= 0.3 is 12.3 Å². The number of halogens is 3. The summed E-state index contributed by atoms with van der Waals surface area (Å²) in [7, 11) is 0. The standard InChI is InChI=1S/C12H10F3N3O2/c13-12(14,15)9-2-4-10(5-3-9)20-11(19)18-7-1-6-17(18)8-16/h2-5H,1,6-7H2. The molecule has 0 bridgehead atoms. The third-order valence-electron chi connectivity index (χ3n) is 2.74. The molecule has 8 heteroatoms. The minimum atomic E-state index is -4.44. The number of rotatable bonds is 1. The minimum absolute atomic E-state index is 0.00668. The number of alkyl halides is 3. The summed E-state index contributed by atoms with van der Waals surface area (Å²) >= 11 is 0. The monoisotopic (exact) mass is 285 g/mol. The molecule has 1 heterocycles. The lowest BCUT2D eigenvalue weighted by molar-refractivity contribution is -0.137. The van der Waals surface area contributed by atoms with Gasteiger partial charge in [0, 0.05) is 6.54 Å². The van der Waals surface area contributed by atoms with Crippen molar-refractivity contribution in [2.75, 3.05) is 13.1 Å². The van der Waals surface area contributed by atoms with Crippen molar-refractivity contribution in [1.29, 1.82) is 5.26 Å². The molecule has 2 rings (SSSR count). The molecule has 1 aromatic rings. The Hall–Kier alpha value is -2.43. The van der Waals surface area contributed by atoms with Crippen LogP contribution in [0.15, 0.2) is 24.3 Å². The molecular weight excluding hydrogens is 275 g/mol. The highest BCUT2D eigenvalue weighted by molar-refractivity contribution is 5.70. The second kappa shape index (κ2) is 5.28. The van der Waals surface area contributed by atoms with Gasteiger partial charge in [-0.25, -0.2) is 14.8 Å². The molecule has 1 aliphatic heterocycles. The molecular formula is C12H10F3N3O2. The smallest absolute Gasteiger partial charge is 0.409 e. The Morgan fingerprint density at radius 3 is 2.45 bits per heavy atom. The minimum Gasteiger partial charge on any atom is -0.409 e. The maximum atomic E-state index is 12.4. The van der Waals surface area contributed by atoms with Crippen LogP contribution in [-0.2, 0) is 6.18 Å². The quantitative estimate of drug-likeness (QED) is 0.744. The van der Waals surface area contributed by atoms with Crippen LogP contribution >= 0.6 is 0 Å². The van der Waals surface area contributed by atoms with Gasteiger partial charge in [0.1, 0.15) is 5.75 Å². The zero-order valence-electron chi connectivity index (χ0n) is 10.2. The summed E-state index contributed by atoms with van der Waals surface area (Å²) in [5.74, 6) is -0.00668. The highest BCUT2D eigenvalue weighted by atomic mass is 19.4. The van der Waals surface area contributed by atoms with Crippen molar-refractivity contribution in [3.05, 3.63) is 29.8 Å². The van der Waals surface area contributed by atoms with Crippen molar-refractivity contribution in [1.82, 2.24) is 10.0 Å². The number of amides is 1. The first kappa shape index (κ1) is 14.0. The maximum absolute atomic E-state index is 12.4. The Kier molecular flexibility index (Phi) is 3.70. The molecule has 1 fully saturated rings. The molecule has 0 unspecified atom stereocenters. The van der Waals surface area contributed by atoms with Gasteiger partial charge in [0.25, 0.3) is 0 Å². The van der Waals surface area contributed by atoms with Crippen molar-refractivity contribution in [2.45, 2.75) is 12.6 Å². The van der Waals surface area contributed by atoms with E-state index in [0.29, 0.717) is 19.5 Å². The van der Waals surface area contributed by atoms with Gasteiger partial charge in [0.05, 0.1) is 12.1 Å². The molecule has 0 saturated carbocycles. The summed E-state index contributed by atoms with van der Waals surface area (Å²) in [6.07, 6.45) is -2.77. The Morgan fingerprint density at radius 2 is 1.90 bits per heavy atom. The van der Waals surface area contributed by atoms with Crippen LogP contribution in [0.25, 0.3) is 0 Å². The molecule has 106 valence electrons. The lowest BCUT2D eigenvalue weighted by atomic mass is 10.2. The van der Waals surface area contributed by atoms with Gasteiger partial charge in [-0.15, -0.1) is 0 Å². The third-order valence-corrected chi connectivity index (χ3v) is 2.74. The van der Waals surface area contributed by atoms with Crippen molar-refractivity contribution < 1.29 is 22.7 Å². The van der Waals surface area contributed by atoms with E-state index in [0.717, 1.165) is 34.3 Å². The molecule has 0 N–H and O–H groups in total. The predicted molar refractivity (Wildman–Crippen MR) is 61.1 cm³/mol. The molecule has 0 radical (unpaired) electrons. The Labute approximate surface area is 112 Å². The Bertz CT molecular complexity index is 536. The van der Waals surface area contributed by atoms with E-state index in [-0.39, 0.29) is 5.75 Å². The van der Waals surface area contributed by atoms with E-state index in [1.165, 1.54) is 0 Å². The van der Waals surface area contributed by atoms with Crippen LogP contribution in [0.1, 0.15) is 12.0 Å². The first-order chi connectivity index (χ1) is 9.41. The summed E-state index contributed by atoms with van der Waals surface area (Å²) in [6.45, 7) is 0.756. The van der Waals surface area contributed by atoms with Gasteiger partial charge in [0.15, 0.2) is 6.19 Å².